The van der Waals surface area contributed by atoms with Gasteiger partial charge in [0.1, 0.15) is 5.75 Å². The fraction of sp³-hybridized carbons (Fsp3) is 0.188. The third kappa shape index (κ3) is 2.40. The summed E-state index contributed by atoms with van der Waals surface area (Å²) in [5, 5.41) is 5.85. The minimum atomic E-state index is 0.403. The fourth-order valence-electron chi connectivity index (χ4n) is 2.19. The highest BCUT2D eigenvalue weighted by Gasteiger charge is 2.19. The number of nitrogen functional groups attached to an aromatic ring is 1. The first-order valence-electron chi connectivity index (χ1n) is 6.56. The van der Waals surface area contributed by atoms with Crippen LogP contribution in [-0.4, -0.2) is 12.3 Å². The van der Waals surface area contributed by atoms with Crippen molar-refractivity contribution in [3.63, 3.8) is 0 Å². The molecule has 0 aliphatic rings. The van der Waals surface area contributed by atoms with Gasteiger partial charge in [0, 0.05) is 11.4 Å². The van der Waals surface area contributed by atoms with Crippen molar-refractivity contribution in [2.75, 3.05) is 12.8 Å². The summed E-state index contributed by atoms with van der Waals surface area (Å²) in [4.78, 5) is 0.948. The Kier molecular flexibility index (Phi) is 3.43. The molecule has 0 radical (unpaired) electrons. The molecule has 4 nitrogen and oxygen atoms in total. The van der Waals surface area contributed by atoms with E-state index in [0.717, 1.165) is 21.8 Å². The molecule has 21 heavy (non-hydrogen) atoms. The van der Waals surface area contributed by atoms with Gasteiger partial charge in [-0.1, -0.05) is 23.4 Å². The number of ether oxygens (including phenoxy) is 1. The summed E-state index contributed by atoms with van der Waals surface area (Å²) >= 11 is 1.54. The van der Waals surface area contributed by atoms with Crippen LogP contribution in [0.1, 0.15) is 11.1 Å². The van der Waals surface area contributed by atoms with Crippen molar-refractivity contribution in [1.29, 1.82) is 0 Å². The third-order valence-corrected chi connectivity index (χ3v) is 4.46. The second-order valence-corrected chi connectivity index (χ2v) is 5.83. The maximum atomic E-state index is 6.01. The lowest BCUT2D eigenvalue weighted by molar-refractivity contribution is 0.416. The standard InChI is InChI=1S/C16H16N2O2S/c1-9-4-5-11(6-10(9)2)14-15(20-18-16(14)17)13-7-12(19-3)8-21-13/h4-8H,1-3H3,(H2,17,18). The van der Waals surface area contributed by atoms with E-state index in [1.165, 1.54) is 11.1 Å². The first-order chi connectivity index (χ1) is 10.1. The third-order valence-electron chi connectivity index (χ3n) is 3.55. The average molecular weight is 300 g/mol. The largest absolute Gasteiger partial charge is 0.496 e. The van der Waals surface area contributed by atoms with E-state index in [-0.39, 0.29) is 0 Å². The molecule has 0 aliphatic heterocycles. The molecule has 0 fully saturated rings. The summed E-state index contributed by atoms with van der Waals surface area (Å²) in [6.07, 6.45) is 0. The van der Waals surface area contributed by atoms with E-state index in [9.17, 15) is 0 Å². The zero-order valence-electron chi connectivity index (χ0n) is 12.1. The summed E-state index contributed by atoms with van der Waals surface area (Å²) in [5.74, 6) is 1.89. The minimum absolute atomic E-state index is 0.403. The normalized spacial score (nSPS) is 10.8. The summed E-state index contributed by atoms with van der Waals surface area (Å²) in [7, 11) is 1.64. The van der Waals surface area contributed by atoms with Crippen LogP contribution in [0.2, 0.25) is 0 Å². The van der Waals surface area contributed by atoms with Gasteiger partial charge in [0.15, 0.2) is 11.6 Å². The van der Waals surface area contributed by atoms with E-state index in [1.807, 2.05) is 17.5 Å². The zero-order valence-corrected chi connectivity index (χ0v) is 13.0. The molecular weight excluding hydrogens is 284 g/mol. The number of methoxy groups -OCH3 is 1. The molecule has 0 aliphatic carbocycles. The van der Waals surface area contributed by atoms with E-state index in [4.69, 9.17) is 15.0 Å². The van der Waals surface area contributed by atoms with Crippen LogP contribution >= 0.6 is 11.3 Å². The molecule has 108 valence electrons. The Morgan fingerprint density at radius 2 is 2.00 bits per heavy atom. The van der Waals surface area contributed by atoms with Crippen LogP contribution in [0.15, 0.2) is 34.2 Å². The van der Waals surface area contributed by atoms with Crippen molar-refractivity contribution >= 4 is 17.2 Å². The van der Waals surface area contributed by atoms with Gasteiger partial charge < -0.3 is 15.0 Å². The molecule has 0 atom stereocenters. The van der Waals surface area contributed by atoms with Crippen molar-refractivity contribution in [2.24, 2.45) is 0 Å². The number of aromatic nitrogens is 1. The second kappa shape index (κ2) is 5.26. The molecule has 2 heterocycles. The van der Waals surface area contributed by atoms with Gasteiger partial charge in [0.25, 0.3) is 0 Å². The number of benzene rings is 1. The van der Waals surface area contributed by atoms with E-state index in [0.29, 0.717) is 11.6 Å². The molecule has 3 rings (SSSR count). The summed E-state index contributed by atoms with van der Waals surface area (Å²) < 4.78 is 10.7. The first kappa shape index (κ1) is 13.7. The molecule has 2 N–H and O–H groups in total. The van der Waals surface area contributed by atoms with Crippen molar-refractivity contribution in [3.8, 4) is 27.5 Å². The second-order valence-electron chi connectivity index (χ2n) is 4.92. The van der Waals surface area contributed by atoms with Crippen LogP contribution in [0.3, 0.4) is 0 Å². The Balaban J connectivity index is 2.14. The van der Waals surface area contributed by atoms with Crippen LogP contribution in [0.25, 0.3) is 21.8 Å². The quantitative estimate of drug-likeness (QED) is 0.784. The summed E-state index contributed by atoms with van der Waals surface area (Å²) in [5.41, 5.74) is 10.3. The minimum Gasteiger partial charge on any atom is -0.496 e. The zero-order chi connectivity index (χ0) is 15.0. The SMILES string of the molecule is COc1csc(-c2onc(N)c2-c2ccc(C)c(C)c2)c1. The van der Waals surface area contributed by atoms with Crippen LogP contribution in [0, 0.1) is 13.8 Å². The van der Waals surface area contributed by atoms with Gasteiger partial charge in [0.2, 0.25) is 0 Å². The lowest BCUT2D eigenvalue weighted by atomic mass is 10.00. The van der Waals surface area contributed by atoms with E-state index in [1.54, 1.807) is 18.4 Å². The number of aryl methyl sites for hydroxylation is 2. The molecule has 0 bridgehead atoms. The average Bonchev–Trinajstić information content (AvgIpc) is 3.08. The number of nitrogens with two attached hydrogens (primary N) is 1. The lowest BCUT2D eigenvalue weighted by Crippen LogP contribution is -1.90. The topological polar surface area (TPSA) is 61.3 Å². The molecule has 2 aromatic heterocycles. The van der Waals surface area contributed by atoms with Crippen molar-refractivity contribution in [1.82, 2.24) is 5.16 Å². The van der Waals surface area contributed by atoms with Gasteiger partial charge in [0.05, 0.1) is 17.6 Å². The van der Waals surface area contributed by atoms with Crippen LogP contribution < -0.4 is 10.5 Å². The number of hydrogen-bond acceptors (Lipinski definition) is 5. The van der Waals surface area contributed by atoms with Crippen molar-refractivity contribution < 1.29 is 9.26 Å². The number of anilines is 1. The van der Waals surface area contributed by atoms with Gasteiger partial charge in [-0.15, -0.1) is 11.3 Å². The van der Waals surface area contributed by atoms with Gasteiger partial charge in [-0.3, -0.25) is 0 Å². The molecule has 0 amide bonds. The van der Waals surface area contributed by atoms with Gasteiger partial charge in [-0.05, 0) is 30.5 Å². The van der Waals surface area contributed by atoms with Gasteiger partial charge in [-0.25, -0.2) is 0 Å². The fourth-order valence-corrected chi connectivity index (χ4v) is 3.03. The molecule has 3 aromatic rings. The maximum Gasteiger partial charge on any atom is 0.186 e. The van der Waals surface area contributed by atoms with Crippen LogP contribution in [-0.2, 0) is 0 Å². The Bertz CT molecular complexity index is 789. The van der Waals surface area contributed by atoms with Gasteiger partial charge >= 0.3 is 0 Å². The molecule has 0 saturated heterocycles. The first-order valence-corrected chi connectivity index (χ1v) is 7.43. The number of rotatable bonds is 3. The smallest absolute Gasteiger partial charge is 0.186 e. The lowest BCUT2D eigenvalue weighted by Gasteiger charge is -2.05. The van der Waals surface area contributed by atoms with Crippen molar-refractivity contribution in [2.45, 2.75) is 13.8 Å². The number of nitrogens with zero attached hydrogens (tertiary/aromatic N) is 1. The van der Waals surface area contributed by atoms with Gasteiger partial charge in [-0.2, -0.15) is 0 Å². The molecule has 1 aromatic carbocycles. The highest BCUT2D eigenvalue weighted by molar-refractivity contribution is 7.13. The Labute approximate surface area is 127 Å². The van der Waals surface area contributed by atoms with E-state index >= 15 is 0 Å². The summed E-state index contributed by atoms with van der Waals surface area (Å²) in [6.45, 7) is 4.16. The van der Waals surface area contributed by atoms with E-state index < -0.39 is 0 Å². The predicted molar refractivity (Wildman–Crippen MR) is 85.7 cm³/mol. The predicted octanol–water partition coefficient (Wildman–Crippen LogP) is 4.28. The Morgan fingerprint density at radius 1 is 1.19 bits per heavy atom. The number of hydrogen-bond donors (Lipinski definition) is 1. The highest BCUT2D eigenvalue weighted by Crippen LogP contribution is 2.40. The molecule has 0 unspecified atom stereocenters. The van der Waals surface area contributed by atoms with Crippen molar-refractivity contribution in [3.05, 3.63) is 40.8 Å². The Hall–Kier alpha value is -2.27. The molecule has 5 heteroatoms. The van der Waals surface area contributed by atoms with E-state index in [2.05, 4.69) is 31.1 Å². The monoisotopic (exact) mass is 300 g/mol. The molecule has 0 saturated carbocycles. The molecular formula is C16H16N2O2S. The van der Waals surface area contributed by atoms with Crippen LogP contribution in [0.4, 0.5) is 5.82 Å². The molecule has 0 spiro atoms. The number of thiophene rings is 1. The summed E-state index contributed by atoms with van der Waals surface area (Å²) in [6, 6.07) is 8.15. The highest BCUT2D eigenvalue weighted by atomic mass is 32.1. The maximum absolute atomic E-state index is 6.01. The Morgan fingerprint density at radius 3 is 2.67 bits per heavy atom. The van der Waals surface area contributed by atoms with Crippen LogP contribution in [0.5, 0.6) is 5.75 Å².